The molecule has 0 bridgehead atoms. The molecule has 0 saturated heterocycles. The summed E-state index contributed by atoms with van der Waals surface area (Å²) >= 11 is 0. The number of hydrogen-bond acceptors (Lipinski definition) is 3. The van der Waals surface area contributed by atoms with E-state index in [4.69, 9.17) is 10.5 Å². The van der Waals surface area contributed by atoms with E-state index in [0.29, 0.717) is 17.2 Å². The van der Waals surface area contributed by atoms with Crippen LogP contribution in [0.3, 0.4) is 0 Å². The predicted molar refractivity (Wildman–Crippen MR) is 66.9 cm³/mol. The third-order valence-electron chi connectivity index (χ3n) is 2.34. The van der Waals surface area contributed by atoms with E-state index in [1.807, 2.05) is 0 Å². The van der Waals surface area contributed by atoms with Gasteiger partial charge in [0.05, 0.1) is 11.4 Å². The first kappa shape index (κ1) is 11.3. The minimum atomic E-state index is -0.287. The summed E-state index contributed by atoms with van der Waals surface area (Å²) in [7, 11) is 1.79. The number of ether oxygens (including phenoxy) is 1. The summed E-state index contributed by atoms with van der Waals surface area (Å²) in [6, 6.07) is 11.2. The molecule has 0 radical (unpaired) electrons. The van der Waals surface area contributed by atoms with Crippen LogP contribution in [-0.4, -0.2) is 7.05 Å². The van der Waals surface area contributed by atoms with Gasteiger partial charge in [-0.25, -0.2) is 4.39 Å². The lowest BCUT2D eigenvalue weighted by molar-refractivity contribution is 0.481. The average molecular weight is 232 g/mol. The average Bonchev–Trinajstić information content (AvgIpc) is 2.34. The number of hydrogen-bond donors (Lipinski definition) is 2. The molecule has 0 heterocycles. The molecule has 3 N–H and O–H groups in total. The second-order valence-corrected chi connectivity index (χ2v) is 3.56. The van der Waals surface area contributed by atoms with Crippen LogP contribution in [0.15, 0.2) is 42.5 Å². The normalized spacial score (nSPS) is 10.0. The fourth-order valence-corrected chi connectivity index (χ4v) is 1.45. The molecule has 3 nitrogen and oxygen atoms in total. The van der Waals surface area contributed by atoms with Crippen molar-refractivity contribution < 1.29 is 9.13 Å². The number of halogens is 1. The van der Waals surface area contributed by atoms with Crippen molar-refractivity contribution >= 4 is 11.4 Å². The van der Waals surface area contributed by atoms with E-state index in [1.54, 1.807) is 37.4 Å². The lowest BCUT2D eigenvalue weighted by Gasteiger charge is -2.09. The summed E-state index contributed by atoms with van der Waals surface area (Å²) in [5.74, 6) is 0.943. The molecule has 2 aromatic carbocycles. The van der Waals surface area contributed by atoms with Crippen molar-refractivity contribution in [1.29, 1.82) is 0 Å². The third kappa shape index (κ3) is 2.66. The molecule has 0 aliphatic heterocycles. The third-order valence-corrected chi connectivity index (χ3v) is 2.34. The lowest BCUT2D eigenvalue weighted by Crippen LogP contribution is -1.96. The van der Waals surface area contributed by atoms with Gasteiger partial charge < -0.3 is 15.8 Å². The fourth-order valence-electron chi connectivity index (χ4n) is 1.45. The van der Waals surface area contributed by atoms with Crippen molar-refractivity contribution in [3.8, 4) is 11.5 Å². The molecule has 0 spiro atoms. The van der Waals surface area contributed by atoms with Crippen LogP contribution < -0.4 is 15.8 Å². The van der Waals surface area contributed by atoms with E-state index in [1.165, 1.54) is 12.1 Å². The van der Waals surface area contributed by atoms with Crippen molar-refractivity contribution in [1.82, 2.24) is 0 Å². The van der Waals surface area contributed by atoms with Crippen LogP contribution in [0.2, 0.25) is 0 Å². The highest BCUT2D eigenvalue weighted by Gasteiger charge is 2.01. The van der Waals surface area contributed by atoms with Crippen molar-refractivity contribution in [3.63, 3.8) is 0 Å². The summed E-state index contributed by atoms with van der Waals surface area (Å²) in [5.41, 5.74) is 7.19. The van der Waals surface area contributed by atoms with Crippen LogP contribution in [0.25, 0.3) is 0 Å². The van der Waals surface area contributed by atoms with E-state index < -0.39 is 0 Å². The Kier molecular flexibility index (Phi) is 3.14. The highest BCUT2D eigenvalue weighted by atomic mass is 19.1. The van der Waals surface area contributed by atoms with Crippen LogP contribution >= 0.6 is 0 Å². The minimum absolute atomic E-state index is 0.287. The Morgan fingerprint density at radius 3 is 2.35 bits per heavy atom. The van der Waals surface area contributed by atoms with Gasteiger partial charge in [0.25, 0.3) is 0 Å². The van der Waals surface area contributed by atoms with E-state index in [2.05, 4.69) is 5.32 Å². The highest BCUT2D eigenvalue weighted by molar-refractivity contribution is 5.68. The van der Waals surface area contributed by atoms with Gasteiger partial charge in [-0.05, 0) is 36.4 Å². The molecule has 0 aliphatic carbocycles. The van der Waals surface area contributed by atoms with Gasteiger partial charge in [-0.3, -0.25) is 0 Å². The second-order valence-electron chi connectivity index (χ2n) is 3.56. The molecule has 0 fully saturated rings. The Bertz CT molecular complexity index is 511. The SMILES string of the molecule is CNc1cc(Oc2ccc(F)cc2)ccc1N. The molecule has 88 valence electrons. The molecule has 0 aliphatic rings. The zero-order chi connectivity index (χ0) is 12.3. The van der Waals surface area contributed by atoms with Gasteiger partial charge in [0.15, 0.2) is 0 Å². The summed E-state index contributed by atoms with van der Waals surface area (Å²) in [6.45, 7) is 0. The largest absolute Gasteiger partial charge is 0.457 e. The standard InChI is InChI=1S/C13H13FN2O/c1-16-13-8-11(6-7-12(13)15)17-10-4-2-9(14)3-5-10/h2-8,16H,15H2,1H3. The Morgan fingerprint density at radius 2 is 1.71 bits per heavy atom. The van der Waals surface area contributed by atoms with Crippen LogP contribution in [0.5, 0.6) is 11.5 Å². The molecule has 2 aromatic rings. The van der Waals surface area contributed by atoms with Gasteiger partial charge in [-0.1, -0.05) is 0 Å². The molecule has 0 atom stereocenters. The monoisotopic (exact) mass is 232 g/mol. The van der Waals surface area contributed by atoms with Gasteiger partial charge in [0.2, 0.25) is 0 Å². The van der Waals surface area contributed by atoms with E-state index >= 15 is 0 Å². The minimum Gasteiger partial charge on any atom is -0.457 e. The van der Waals surface area contributed by atoms with Gasteiger partial charge in [0.1, 0.15) is 17.3 Å². The predicted octanol–water partition coefficient (Wildman–Crippen LogP) is 3.24. The summed E-state index contributed by atoms with van der Waals surface area (Å²) < 4.78 is 18.3. The topological polar surface area (TPSA) is 47.3 Å². The lowest BCUT2D eigenvalue weighted by atomic mass is 10.2. The maximum Gasteiger partial charge on any atom is 0.129 e. The first-order valence-electron chi connectivity index (χ1n) is 5.20. The summed E-state index contributed by atoms with van der Waals surface area (Å²) in [6.07, 6.45) is 0. The first-order valence-corrected chi connectivity index (χ1v) is 5.20. The number of nitrogen functional groups attached to an aromatic ring is 1. The van der Waals surface area contributed by atoms with Crippen LogP contribution in [0.1, 0.15) is 0 Å². The Hall–Kier alpha value is -2.23. The molecular weight excluding hydrogens is 219 g/mol. The smallest absolute Gasteiger partial charge is 0.129 e. The van der Waals surface area contributed by atoms with Gasteiger partial charge >= 0.3 is 0 Å². The van der Waals surface area contributed by atoms with Gasteiger partial charge in [-0.2, -0.15) is 0 Å². The van der Waals surface area contributed by atoms with E-state index in [9.17, 15) is 4.39 Å². The summed E-state index contributed by atoms with van der Waals surface area (Å²) in [4.78, 5) is 0. The number of anilines is 2. The van der Waals surface area contributed by atoms with Crippen LogP contribution in [0, 0.1) is 5.82 Å². The van der Waals surface area contributed by atoms with E-state index in [0.717, 1.165) is 5.69 Å². The quantitative estimate of drug-likeness (QED) is 0.798. The Balaban J connectivity index is 2.21. The zero-order valence-electron chi connectivity index (χ0n) is 9.41. The van der Waals surface area contributed by atoms with Crippen molar-refractivity contribution in [2.24, 2.45) is 0 Å². The molecular formula is C13H13FN2O. The van der Waals surface area contributed by atoms with Gasteiger partial charge in [-0.15, -0.1) is 0 Å². The molecule has 0 aromatic heterocycles. The molecule has 17 heavy (non-hydrogen) atoms. The molecule has 0 unspecified atom stereocenters. The van der Waals surface area contributed by atoms with Crippen LogP contribution in [-0.2, 0) is 0 Å². The number of nitrogens with two attached hydrogens (primary N) is 1. The maximum atomic E-state index is 12.7. The van der Waals surface area contributed by atoms with Crippen molar-refractivity contribution in [3.05, 3.63) is 48.3 Å². The zero-order valence-corrected chi connectivity index (χ0v) is 9.41. The highest BCUT2D eigenvalue weighted by Crippen LogP contribution is 2.27. The molecule has 2 rings (SSSR count). The number of rotatable bonds is 3. The fraction of sp³-hybridized carbons (Fsp3) is 0.0769. The number of benzene rings is 2. The maximum absolute atomic E-state index is 12.7. The molecule has 0 saturated carbocycles. The molecule has 4 heteroatoms. The van der Waals surface area contributed by atoms with Crippen molar-refractivity contribution in [2.75, 3.05) is 18.1 Å². The van der Waals surface area contributed by atoms with Crippen LogP contribution in [0.4, 0.5) is 15.8 Å². The number of nitrogens with one attached hydrogen (secondary N) is 1. The Morgan fingerprint density at radius 1 is 1.06 bits per heavy atom. The Labute approximate surface area is 99.0 Å². The van der Waals surface area contributed by atoms with Gasteiger partial charge in [0, 0.05) is 13.1 Å². The first-order chi connectivity index (χ1) is 8.19. The van der Waals surface area contributed by atoms with Crippen molar-refractivity contribution in [2.45, 2.75) is 0 Å². The summed E-state index contributed by atoms with van der Waals surface area (Å²) in [5, 5.41) is 2.97. The second kappa shape index (κ2) is 4.74. The van der Waals surface area contributed by atoms with E-state index in [-0.39, 0.29) is 5.82 Å². The molecule has 0 amide bonds.